The minimum Gasteiger partial charge on any atom is -0.479 e. The molecule has 4 heteroatoms. The van der Waals surface area contributed by atoms with E-state index >= 15 is 0 Å². The number of halogens is 1. The number of nitrogens with two attached hydrogens (primary N) is 1. The Morgan fingerprint density at radius 3 is 3.00 bits per heavy atom. The predicted molar refractivity (Wildman–Crippen MR) is 65.6 cm³/mol. The number of nitrogens with zero attached hydrogens (tertiary/aromatic N) is 1. The standard InChI is InChI=1S/C13H17FN2O/c14-12-5-2-1-4-10(12)8-11-9-17-13(16-11)6-3-7-15/h1-2,4-5,11H,3,6-9,15H2. The molecule has 0 radical (unpaired) electrons. The zero-order valence-corrected chi connectivity index (χ0v) is 9.73. The van der Waals surface area contributed by atoms with Crippen molar-refractivity contribution in [3.8, 4) is 0 Å². The number of hydrogen-bond acceptors (Lipinski definition) is 3. The first-order chi connectivity index (χ1) is 8.29. The first-order valence-corrected chi connectivity index (χ1v) is 5.92. The Hall–Kier alpha value is -1.42. The van der Waals surface area contributed by atoms with Crippen LogP contribution in [0.5, 0.6) is 0 Å². The first-order valence-electron chi connectivity index (χ1n) is 5.92. The largest absolute Gasteiger partial charge is 0.479 e. The number of aliphatic imine (C=N–C) groups is 1. The molecule has 0 saturated carbocycles. The molecular formula is C13H17FN2O. The van der Waals surface area contributed by atoms with Gasteiger partial charge in [-0.2, -0.15) is 0 Å². The quantitative estimate of drug-likeness (QED) is 0.848. The van der Waals surface area contributed by atoms with Crippen molar-refractivity contribution >= 4 is 5.90 Å². The minimum absolute atomic E-state index is 0.0414. The molecule has 1 heterocycles. The van der Waals surface area contributed by atoms with Crippen LogP contribution in [0.4, 0.5) is 4.39 Å². The van der Waals surface area contributed by atoms with Crippen LogP contribution in [0.25, 0.3) is 0 Å². The monoisotopic (exact) mass is 236 g/mol. The lowest BCUT2D eigenvalue weighted by Crippen LogP contribution is -2.11. The SMILES string of the molecule is NCCCC1=NC(Cc2ccccc2F)CO1. The summed E-state index contributed by atoms with van der Waals surface area (Å²) in [6, 6.07) is 6.85. The summed E-state index contributed by atoms with van der Waals surface area (Å²) in [4.78, 5) is 4.43. The van der Waals surface area contributed by atoms with Crippen molar-refractivity contribution in [1.82, 2.24) is 0 Å². The van der Waals surface area contributed by atoms with Crippen LogP contribution >= 0.6 is 0 Å². The van der Waals surface area contributed by atoms with Crippen LogP contribution in [0.1, 0.15) is 18.4 Å². The summed E-state index contributed by atoms with van der Waals surface area (Å²) in [5, 5.41) is 0. The molecule has 1 aromatic rings. The molecule has 2 N–H and O–H groups in total. The Balaban J connectivity index is 1.93. The fraction of sp³-hybridized carbons (Fsp3) is 0.462. The van der Waals surface area contributed by atoms with E-state index in [1.807, 2.05) is 6.07 Å². The van der Waals surface area contributed by atoms with Crippen LogP contribution < -0.4 is 5.73 Å². The van der Waals surface area contributed by atoms with E-state index in [0.29, 0.717) is 25.1 Å². The van der Waals surface area contributed by atoms with E-state index in [-0.39, 0.29) is 11.9 Å². The van der Waals surface area contributed by atoms with Gasteiger partial charge in [-0.05, 0) is 24.6 Å². The molecule has 17 heavy (non-hydrogen) atoms. The lowest BCUT2D eigenvalue weighted by molar-refractivity contribution is 0.308. The number of benzene rings is 1. The molecule has 1 aliphatic rings. The van der Waals surface area contributed by atoms with Crippen molar-refractivity contribution in [2.75, 3.05) is 13.2 Å². The molecule has 1 atom stereocenters. The second kappa shape index (κ2) is 5.77. The normalized spacial score (nSPS) is 18.9. The molecule has 1 unspecified atom stereocenters. The molecule has 0 amide bonds. The van der Waals surface area contributed by atoms with Gasteiger partial charge in [-0.25, -0.2) is 9.38 Å². The van der Waals surface area contributed by atoms with Crippen LogP contribution in [0, 0.1) is 5.82 Å². The highest BCUT2D eigenvalue weighted by Gasteiger charge is 2.19. The van der Waals surface area contributed by atoms with E-state index in [1.165, 1.54) is 6.07 Å². The number of ether oxygens (including phenoxy) is 1. The Labute approximate surface area is 100 Å². The minimum atomic E-state index is -0.168. The summed E-state index contributed by atoms with van der Waals surface area (Å²) in [5.74, 6) is 0.592. The van der Waals surface area contributed by atoms with Crippen LogP contribution in [-0.4, -0.2) is 25.1 Å². The van der Waals surface area contributed by atoms with Crippen LogP contribution in [0.15, 0.2) is 29.3 Å². The van der Waals surface area contributed by atoms with Gasteiger partial charge in [-0.3, -0.25) is 0 Å². The van der Waals surface area contributed by atoms with Crippen LogP contribution in [0.2, 0.25) is 0 Å². The van der Waals surface area contributed by atoms with E-state index in [2.05, 4.69) is 4.99 Å². The summed E-state index contributed by atoms with van der Waals surface area (Å²) in [5.41, 5.74) is 6.12. The number of hydrogen-bond donors (Lipinski definition) is 1. The maximum absolute atomic E-state index is 13.4. The Bertz CT molecular complexity index is 406. The summed E-state index contributed by atoms with van der Waals surface area (Å²) in [7, 11) is 0. The van der Waals surface area contributed by atoms with Gasteiger partial charge < -0.3 is 10.5 Å². The zero-order valence-electron chi connectivity index (χ0n) is 9.73. The average molecular weight is 236 g/mol. The third kappa shape index (κ3) is 3.27. The molecule has 3 nitrogen and oxygen atoms in total. The Morgan fingerprint density at radius 1 is 1.41 bits per heavy atom. The van der Waals surface area contributed by atoms with Gasteiger partial charge in [0.05, 0.1) is 6.04 Å². The Morgan fingerprint density at radius 2 is 2.24 bits per heavy atom. The van der Waals surface area contributed by atoms with E-state index in [0.717, 1.165) is 18.7 Å². The molecule has 0 spiro atoms. The third-order valence-corrected chi connectivity index (χ3v) is 2.78. The van der Waals surface area contributed by atoms with Gasteiger partial charge in [0.2, 0.25) is 0 Å². The highest BCUT2D eigenvalue weighted by atomic mass is 19.1. The number of rotatable bonds is 5. The predicted octanol–water partition coefficient (Wildman–Crippen LogP) is 1.90. The third-order valence-electron chi connectivity index (χ3n) is 2.78. The lowest BCUT2D eigenvalue weighted by atomic mass is 10.1. The fourth-order valence-electron chi connectivity index (χ4n) is 1.88. The van der Waals surface area contributed by atoms with E-state index in [9.17, 15) is 4.39 Å². The van der Waals surface area contributed by atoms with Crippen molar-refractivity contribution in [3.05, 3.63) is 35.6 Å². The average Bonchev–Trinajstić information content (AvgIpc) is 2.77. The van der Waals surface area contributed by atoms with Gasteiger partial charge >= 0.3 is 0 Å². The lowest BCUT2D eigenvalue weighted by Gasteiger charge is -2.05. The van der Waals surface area contributed by atoms with Crippen molar-refractivity contribution < 1.29 is 9.13 Å². The van der Waals surface area contributed by atoms with Gasteiger partial charge in [-0.1, -0.05) is 18.2 Å². The molecule has 0 saturated heterocycles. The fourth-order valence-corrected chi connectivity index (χ4v) is 1.88. The summed E-state index contributed by atoms with van der Waals surface area (Å²) in [6.07, 6.45) is 2.26. The molecule has 0 bridgehead atoms. The maximum Gasteiger partial charge on any atom is 0.183 e. The topological polar surface area (TPSA) is 47.6 Å². The van der Waals surface area contributed by atoms with Gasteiger partial charge in [0.15, 0.2) is 5.90 Å². The van der Waals surface area contributed by atoms with Crippen LogP contribution in [-0.2, 0) is 11.2 Å². The van der Waals surface area contributed by atoms with Crippen molar-refractivity contribution in [2.45, 2.75) is 25.3 Å². The highest BCUT2D eigenvalue weighted by molar-refractivity contribution is 5.77. The van der Waals surface area contributed by atoms with Crippen molar-refractivity contribution in [3.63, 3.8) is 0 Å². The molecule has 0 fully saturated rings. The van der Waals surface area contributed by atoms with Crippen LogP contribution in [0.3, 0.4) is 0 Å². The van der Waals surface area contributed by atoms with E-state index in [1.54, 1.807) is 12.1 Å². The molecule has 0 aromatic heterocycles. The summed E-state index contributed by atoms with van der Waals surface area (Å²) >= 11 is 0. The van der Waals surface area contributed by atoms with Gasteiger partial charge in [0.25, 0.3) is 0 Å². The Kier molecular flexibility index (Phi) is 4.09. The van der Waals surface area contributed by atoms with E-state index < -0.39 is 0 Å². The second-order valence-electron chi connectivity index (χ2n) is 4.18. The zero-order chi connectivity index (χ0) is 12.1. The van der Waals surface area contributed by atoms with Gasteiger partial charge in [0.1, 0.15) is 12.4 Å². The second-order valence-corrected chi connectivity index (χ2v) is 4.18. The highest BCUT2D eigenvalue weighted by Crippen LogP contribution is 2.15. The van der Waals surface area contributed by atoms with Crippen molar-refractivity contribution in [1.29, 1.82) is 0 Å². The van der Waals surface area contributed by atoms with Gasteiger partial charge in [-0.15, -0.1) is 0 Å². The maximum atomic E-state index is 13.4. The molecule has 1 aliphatic heterocycles. The summed E-state index contributed by atoms with van der Waals surface area (Å²) in [6.45, 7) is 1.19. The molecule has 1 aromatic carbocycles. The van der Waals surface area contributed by atoms with E-state index in [4.69, 9.17) is 10.5 Å². The molecule has 2 rings (SSSR count). The molecule has 92 valence electrons. The smallest absolute Gasteiger partial charge is 0.183 e. The molecular weight excluding hydrogens is 219 g/mol. The van der Waals surface area contributed by atoms with Gasteiger partial charge in [0, 0.05) is 12.8 Å². The summed E-state index contributed by atoms with van der Waals surface area (Å²) < 4.78 is 18.9. The first kappa shape index (κ1) is 12.0. The molecule has 0 aliphatic carbocycles. The van der Waals surface area contributed by atoms with Crippen molar-refractivity contribution in [2.24, 2.45) is 10.7 Å².